The standard InChI is InChI=1S/C20H22FNO4S.C20H20FNO4.C13H16FNO2.C12H16FNO/c1-15-2-8-19(9-3-15)27(24,25)26-13-17-12-22(14-23)11-10-20(17)16-4-6-18(21)7-5-16;21-16-3-1-14(2-4-16)18-7-8-22(12-23)10-15(18)11-24-17-5-6-19-20(9-17)26-13-25-19;14-12-3-1-10(2-4-12)13-5-6-15(9-17)7-11(13)8-16;13-11-3-1-9(2-4-11)12-5-6-14-7-10(12)8-15/h2-9,14,17,20H,10-13H2,1H3;1-6,9,12,15,18H,7-8,10-11,13H2;1-4,9,11,13,16H,5-8H2;1-4,10,12,14-15H,5-8H2/t17-,20?;;;/m0.../s1. The predicted molar refractivity (Wildman–Crippen MR) is 311 cm³/mol. The molecule has 0 aromatic heterocycles. The molecular formula is C65H74F4N4O11S. The molecule has 5 heterocycles. The smallest absolute Gasteiger partial charge is 0.296 e. The SMILES string of the molecule is Cc1ccc(S(=O)(=O)OC[C@@H]2CN(C=O)CCC2c2ccc(F)cc2)cc1.O=CN1CCC(c2ccc(F)cc2)C(CO)C1.O=CN1CCC(c2ccc(F)cc2)C(COc2ccc3c(c2)OCO3)C1.OCC1CNCCC1c1ccc(F)cc1. The van der Waals surface area contributed by atoms with Crippen LogP contribution < -0.4 is 19.5 Å². The lowest BCUT2D eigenvalue weighted by Gasteiger charge is -2.37. The van der Waals surface area contributed by atoms with E-state index in [9.17, 15) is 50.6 Å². The van der Waals surface area contributed by atoms with Crippen LogP contribution in [-0.4, -0.2) is 138 Å². The number of rotatable bonds is 16. The molecule has 0 aliphatic carbocycles. The summed E-state index contributed by atoms with van der Waals surface area (Å²) in [6, 6.07) is 37.8. The molecule has 5 aliphatic rings. The molecule has 0 bridgehead atoms. The molecule has 0 saturated carbocycles. The van der Waals surface area contributed by atoms with Crippen LogP contribution in [0.3, 0.4) is 0 Å². The van der Waals surface area contributed by atoms with Gasteiger partial charge in [0.15, 0.2) is 11.5 Å². The number of nitrogens with zero attached hydrogens (tertiary/aromatic N) is 3. The van der Waals surface area contributed by atoms with Crippen LogP contribution in [0.15, 0.2) is 144 Å². The van der Waals surface area contributed by atoms with Gasteiger partial charge in [-0.05, 0) is 158 Å². The molecule has 8 atom stereocenters. The molecule has 15 nitrogen and oxygen atoms in total. The van der Waals surface area contributed by atoms with Crippen LogP contribution >= 0.6 is 0 Å². The highest BCUT2D eigenvalue weighted by molar-refractivity contribution is 7.86. The fourth-order valence-corrected chi connectivity index (χ4v) is 12.8. The zero-order valence-electron chi connectivity index (χ0n) is 47.5. The Morgan fingerprint density at radius 3 is 1.39 bits per heavy atom. The highest BCUT2D eigenvalue weighted by atomic mass is 32.2. The van der Waals surface area contributed by atoms with Crippen molar-refractivity contribution >= 4 is 29.3 Å². The monoisotopic (exact) mass is 1190 g/mol. The minimum absolute atomic E-state index is 0.00461. The molecule has 4 fully saturated rings. The maximum absolute atomic E-state index is 13.2. The van der Waals surface area contributed by atoms with Crippen molar-refractivity contribution in [1.82, 2.24) is 20.0 Å². The fraction of sp³-hybridized carbons (Fsp3) is 0.400. The van der Waals surface area contributed by atoms with Gasteiger partial charge < -0.3 is 44.4 Å². The second-order valence-corrected chi connectivity index (χ2v) is 23.7. The van der Waals surface area contributed by atoms with Crippen molar-refractivity contribution in [3.63, 3.8) is 0 Å². The number of carbonyl (C=O) groups is 3. The lowest BCUT2D eigenvalue weighted by molar-refractivity contribution is -0.121. The van der Waals surface area contributed by atoms with E-state index < -0.39 is 10.1 Å². The zero-order valence-corrected chi connectivity index (χ0v) is 48.3. The summed E-state index contributed by atoms with van der Waals surface area (Å²) < 4.78 is 99.0. The van der Waals surface area contributed by atoms with E-state index in [-0.39, 0.29) is 96.2 Å². The summed E-state index contributed by atoms with van der Waals surface area (Å²) in [6.07, 6.45) is 5.80. The first-order chi connectivity index (χ1) is 41.2. The summed E-state index contributed by atoms with van der Waals surface area (Å²) in [6.45, 7) is 8.14. The average molecular weight is 1200 g/mol. The largest absolute Gasteiger partial charge is 0.493 e. The minimum atomic E-state index is -3.88. The van der Waals surface area contributed by atoms with Gasteiger partial charge in [-0.2, -0.15) is 8.42 Å². The van der Waals surface area contributed by atoms with E-state index in [1.54, 1.807) is 51.1 Å². The first-order valence-electron chi connectivity index (χ1n) is 28.7. The van der Waals surface area contributed by atoms with Gasteiger partial charge in [0, 0.05) is 88.8 Å². The topological polar surface area (TPSA) is 184 Å². The Bertz CT molecular complexity index is 3170. The molecule has 0 radical (unpaired) electrons. The Morgan fingerprint density at radius 1 is 0.529 bits per heavy atom. The average Bonchev–Trinajstić information content (AvgIpc) is 4.18. The number of nitrogens with one attached hydrogen (secondary N) is 1. The molecule has 4 saturated heterocycles. The third-order valence-corrected chi connectivity index (χ3v) is 17.9. The van der Waals surface area contributed by atoms with E-state index >= 15 is 0 Å². The summed E-state index contributed by atoms with van der Waals surface area (Å²) in [7, 11) is -3.88. The van der Waals surface area contributed by atoms with Gasteiger partial charge in [-0.3, -0.25) is 18.6 Å². The van der Waals surface area contributed by atoms with Crippen LogP contribution in [0.25, 0.3) is 0 Å². The van der Waals surface area contributed by atoms with E-state index in [4.69, 9.17) is 18.4 Å². The molecule has 85 heavy (non-hydrogen) atoms. The fourth-order valence-electron chi connectivity index (χ4n) is 11.8. The maximum atomic E-state index is 13.2. The highest BCUT2D eigenvalue weighted by Gasteiger charge is 2.34. The third-order valence-electron chi connectivity index (χ3n) is 16.6. The van der Waals surface area contributed by atoms with E-state index in [2.05, 4.69) is 5.32 Å². The lowest BCUT2D eigenvalue weighted by Crippen LogP contribution is -2.41. The number of aryl methyl sites for hydroxylation is 1. The number of ether oxygens (including phenoxy) is 3. The number of amides is 3. The third kappa shape index (κ3) is 17.9. The van der Waals surface area contributed by atoms with Gasteiger partial charge in [-0.25, -0.2) is 17.6 Å². The van der Waals surface area contributed by atoms with Crippen molar-refractivity contribution in [1.29, 1.82) is 0 Å². The summed E-state index contributed by atoms with van der Waals surface area (Å²) >= 11 is 0. The first-order valence-corrected chi connectivity index (χ1v) is 30.1. The predicted octanol–water partition coefficient (Wildman–Crippen LogP) is 9.19. The maximum Gasteiger partial charge on any atom is 0.296 e. The molecule has 7 unspecified atom stereocenters. The van der Waals surface area contributed by atoms with Gasteiger partial charge in [-0.1, -0.05) is 66.2 Å². The van der Waals surface area contributed by atoms with Crippen LogP contribution in [0.5, 0.6) is 17.2 Å². The van der Waals surface area contributed by atoms with Gasteiger partial charge >= 0.3 is 0 Å². The quantitative estimate of drug-likeness (QED) is 0.0475. The number of halogens is 4. The number of benzene rings is 6. The molecule has 454 valence electrons. The summed E-state index contributed by atoms with van der Waals surface area (Å²) in [5.74, 6) is 2.09. The molecule has 3 amide bonds. The van der Waals surface area contributed by atoms with Gasteiger partial charge in [0.25, 0.3) is 10.1 Å². The van der Waals surface area contributed by atoms with Crippen molar-refractivity contribution in [2.24, 2.45) is 23.7 Å². The van der Waals surface area contributed by atoms with Crippen molar-refractivity contribution in [3.05, 3.63) is 191 Å². The highest BCUT2D eigenvalue weighted by Crippen LogP contribution is 2.39. The minimum Gasteiger partial charge on any atom is -0.493 e. The summed E-state index contributed by atoms with van der Waals surface area (Å²) in [5.41, 5.74) is 5.13. The Hall–Kier alpha value is -7.36. The Balaban J connectivity index is 0.000000152. The number of hydrogen-bond donors (Lipinski definition) is 3. The number of fused-ring (bicyclic) bond motifs is 1. The number of aliphatic hydroxyl groups is 2. The second-order valence-electron chi connectivity index (χ2n) is 22.1. The van der Waals surface area contributed by atoms with Gasteiger partial charge in [0.05, 0.1) is 18.1 Å². The van der Waals surface area contributed by atoms with Crippen LogP contribution in [0.1, 0.15) is 77.2 Å². The van der Waals surface area contributed by atoms with Crippen LogP contribution in [0.2, 0.25) is 0 Å². The normalized spacial score (nSPS) is 22.7. The first kappa shape index (κ1) is 63.7. The summed E-state index contributed by atoms with van der Waals surface area (Å²) in [5, 5.41) is 21.9. The molecule has 5 aliphatic heterocycles. The van der Waals surface area contributed by atoms with Gasteiger partial charge in [0.2, 0.25) is 26.0 Å². The van der Waals surface area contributed by atoms with Crippen molar-refractivity contribution < 1.29 is 69.0 Å². The Morgan fingerprint density at radius 2 is 0.941 bits per heavy atom. The Kier molecular flexibility index (Phi) is 23.3. The number of aliphatic hydroxyl groups excluding tert-OH is 2. The number of likely N-dealkylation sites (tertiary alicyclic amines) is 3. The van der Waals surface area contributed by atoms with Gasteiger partial charge in [0.1, 0.15) is 29.0 Å². The molecule has 6 aromatic rings. The molecule has 11 rings (SSSR count). The van der Waals surface area contributed by atoms with Gasteiger partial charge in [-0.15, -0.1) is 0 Å². The second kappa shape index (κ2) is 31.2. The number of carbonyl (C=O) groups excluding carboxylic acids is 3. The molecule has 20 heteroatoms. The molecule has 0 spiro atoms. The molecular weight excluding hydrogens is 1120 g/mol. The molecule has 6 aromatic carbocycles. The van der Waals surface area contributed by atoms with Crippen molar-refractivity contribution in [3.8, 4) is 17.2 Å². The molecule has 3 N–H and O–H groups in total. The van der Waals surface area contributed by atoms with E-state index in [1.807, 2.05) is 49.4 Å². The lowest BCUT2D eigenvalue weighted by atomic mass is 9.81. The van der Waals surface area contributed by atoms with E-state index in [0.717, 1.165) is 79.4 Å². The Labute approximate surface area is 494 Å². The van der Waals surface area contributed by atoms with Crippen LogP contribution in [0.4, 0.5) is 17.6 Å². The van der Waals surface area contributed by atoms with Crippen LogP contribution in [-0.2, 0) is 28.7 Å². The summed E-state index contributed by atoms with van der Waals surface area (Å²) in [4.78, 5) is 38.2. The van der Waals surface area contributed by atoms with E-state index in [0.29, 0.717) is 75.5 Å². The van der Waals surface area contributed by atoms with E-state index in [1.165, 1.54) is 60.7 Å². The zero-order chi connectivity index (χ0) is 60.3. The van der Waals surface area contributed by atoms with Crippen molar-refractivity contribution in [2.75, 3.05) is 85.6 Å². The number of hydrogen-bond acceptors (Lipinski definition) is 12. The number of piperidine rings is 4. The van der Waals surface area contributed by atoms with Crippen molar-refractivity contribution in [2.45, 2.75) is 61.2 Å². The van der Waals surface area contributed by atoms with Crippen LogP contribution in [0, 0.1) is 53.9 Å².